The zero-order chi connectivity index (χ0) is 20.3. The van der Waals surface area contributed by atoms with E-state index in [0.717, 1.165) is 28.8 Å². The van der Waals surface area contributed by atoms with E-state index in [1.54, 1.807) is 0 Å². The molecule has 29 heavy (non-hydrogen) atoms. The fraction of sp³-hybridized carbons (Fsp3) is 0.600. The summed E-state index contributed by atoms with van der Waals surface area (Å²) in [7, 11) is 2.27. The second-order valence-electron chi connectivity index (χ2n) is 9.31. The minimum Gasteiger partial charge on any atom is -0.464 e. The monoisotopic (exact) mass is 391 g/mol. The molecule has 0 amide bonds. The highest BCUT2D eigenvalue weighted by Crippen LogP contribution is 2.55. The molecule has 1 aromatic carbocycles. The summed E-state index contributed by atoms with van der Waals surface area (Å²) in [5.41, 5.74) is 3.95. The number of aryl methyl sites for hydroxylation is 1. The minimum atomic E-state index is -0.388. The molecule has 4 heteroatoms. The number of ether oxygens (including phenoxy) is 1. The first kappa shape index (κ1) is 19.0. The summed E-state index contributed by atoms with van der Waals surface area (Å²) in [5, 5.41) is 1.18. The van der Waals surface area contributed by atoms with E-state index in [-0.39, 0.29) is 5.72 Å². The summed E-state index contributed by atoms with van der Waals surface area (Å²) in [6.07, 6.45) is 10.6. The molecule has 2 saturated carbocycles. The Labute approximate surface area is 174 Å². The summed E-state index contributed by atoms with van der Waals surface area (Å²) in [5.74, 6) is 3.23. The molecule has 2 saturated heterocycles. The van der Waals surface area contributed by atoms with Gasteiger partial charge in [-0.3, -0.25) is 9.88 Å². The van der Waals surface area contributed by atoms with Gasteiger partial charge in [0.15, 0.2) is 5.75 Å². The molecule has 4 nitrogen and oxygen atoms in total. The molecular weight excluding hydrogens is 358 g/mol. The molecule has 1 spiro atoms. The number of aromatic nitrogens is 1. The lowest BCUT2D eigenvalue weighted by atomic mass is 9.67. The zero-order valence-corrected chi connectivity index (χ0v) is 18.4. The average molecular weight is 392 g/mol. The minimum absolute atomic E-state index is 0.388. The van der Waals surface area contributed by atoms with Gasteiger partial charge in [-0.2, -0.15) is 0 Å². The smallest absolute Gasteiger partial charge is 0.202 e. The van der Waals surface area contributed by atoms with E-state index in [0.29, 0.717) is 12.0 Å². The van der Waals surface area contributed by atoms with Crippen LogP contribution in [-0.2, 0) is 0 Å². The van der Waals surface area contributed by atoms with Gasteiger partial charge in [-0.1, -0.05) is 19.9 Å². The van der Waals surface area contributed by atoms with Crippen molar-refractivity contribution in [3.8, 4) is 5.75 Å². The summed E-state index contributed by atoms with van der Waals surface area (Å²) in [6, 6.07) is 4.77. The fourth-order valence-electron chi connectivity index (χ4n) is 6.54. The Balaban J connectivity index is 0.000000882. The van der Waals surface area contributed by atoms with Crippen LogP contribution in [0.15, 0.2) is 23.3 Å². The summed E-state index contributed by atoms with van der Waals surface area (Å²) in [4.78, 5) is 12.2. The van der Waals surface area contributed by atoms with Crippen LogP contribution in [0.3, 0.4) is 0 Å². The van der Waals surface area contributed by atoms with Crippen molar-refractivity contribution in [3.05, 3.63) is 29.5 Å². The maximum absolute atomic E-state index is 6.99. The number of aliphatic imine (C=N–C) groups is 1. The fourth-order valence-corrected chi connectivity index (χ4v) is 6.54. The normalized spacial score (nSPS) is 34.5. The number of hydrogen-bond donors (Lipinski definition) is 0. The van der Waals surface area contributed by atoms with E-state index >= 15 is 0 Å². The van der Waals surface area contributed by atoms with Crippen LogP contribution in [0.2, 0.25) is 0 Å². The second-order valence-corrected chi connectivity index (χ2v) is 9.31. The van der Waals surface area contributed by atoms with E-state index in [9.17, 15) is 0 Å². The van der Waals surface area contributed by atoms with Crippen molar-refractivity contribution >= 4 is 22.8 Å². The van der Waals surface area contributed by atoms with Gasteiger partial charge in [-0.25, -0.2) is 4.99 Å². The highest BCUT2D eigenvalue weighted by atomic mass is 16.5. The van der Waals surface area contributed by atoms with Crippen molar-refractivity contribution in [2.45, 2.75) is 71.6 Å². The first-order valence-electron chi connectivity index (χ1n) is 11.4. The lowest BCUT2D eigenvalue weighted by molar-refractivity contribution is -0.0627. The van der Waals surface area contributed by atoms with Crippen LogP contribution in [-0.4, -0.2) is 34.9 Å². The van der Waals surface area contributed by atoms with E-state index in [1.807, 2.05) is 26.1 Å². The van der Waals surface area contributed by atoms with Gasteiger partial charge in [0.1, 0.15) is 5.69 Å². The Kier molecular flexibility index (Phi) is 4.47. The number of rotatable bonds is 0. The maximum Gasteiger partial charge on any atom is 0.202 e. The molecule has 1 aromatic heterocycles. The molecular formula is C25H33N3O. The average Bonchev–Trinajstić information content (AvgIpc) is 2.87. The Morgan fingerprint density at radius 3 is 2.48 bits per heavy atom. The predicted molar refractivity (Wildman–Crippen MR) is 119 cm³/mol. The second kappa shape index (κ2) is 6.80. The van der Waals surface area contributed by atoms with Crippen molar-refractivity contribution in [1.82, 2.24) is 9.88 Å². The third kappa shape index (κ3) is 2.61. The molecule has 2 aromatic rings. The predicted octanol–water partition coefficient (Wildman–Crippen LogP) is 5.81. The van der Waals surface area contributed by atoms with Crippen molar-refractivity contribution in [3.63, 3.8) is 0 Å². The van der Waals surface area contributed by atoms with Gasteiger partial charge in [0.2, 0.25) is 5.72 Å². The van der Waals surface area contributed by atoms with Gasteiger partial charge in [-0.05, 0) is 82.0 Å². The number of fused-ring (bicyclic) bond motifs is 3. The van der Waals surface area contributed by atoms with Crippen LogP contribution in [0.4, 0.5) is 5.69 Å². The summed E-state index contributed by atoms with van der Waals surface area (Å²) in [6.45, 7) is 8.35. The van der Waals surface area contributed by atoms with Crippen molar-refractivity contribution < 1.29 is 4.74 Å². The Morgan fingerprint density at radius 2 is 1.76 bits per heavy atom. The van der Waals surface area contributed by atoms with Gasteiger partial charge in [-0.15, -0.1) is 0 Å². The Morgan fingerprint density at radius 1 is 1.03 bits per heavy atom. The molecule has 154 valence electrons. The Hall–Kier alpha value is -1.94. The first-order valence-corrected chi connectivity index (χ1v) is 11.4. The van der Waals surface area contributed by atoms with E-state index in [1.165, 1.54) is 48.6 Å². The highest BCUT2D eigenvalue weighted by molar-refractivity contribution is 5.98. The Bertz CT molecular complexity index is 970. The standard InChI is InChI=1S/C23H27N3O.C2H6/c1-13-14(2)22-21(20-19(13)5-4-6-24-20)25-12-23(27-22)17-8-15-7-16(9-17)11-18(10-15)26(23)3;1-2/h4-6,12,15-18H,7-11H2,1-3H3;1-2H3. The number of pyridine rings is 1. The molecule has 4 fully saturated rings. The van der Waals surface area contributed by atoms with Crippen LogP contribution >= 0.6 is 0 Å². The topological polar surface area (TPSA) is 37.7 Å². The molecule has 3 atom stereocenters. The van der Waals surface area contributed by atoms with Crippen LogP contribution < -0.4 is 4.74 Å². The lowest BCUT2D eigenvalue weighted by Gasteiger charge is -2.46. The highest BCUT2D eigenvalue weighted by Gasteiger charge is 2.56. The van der Waals surface area contributed by atoms with Crippen LogP contribution in [0, 0.1) is 31.6 Å². The molecule has 0 N–H and O–H groups in total. The first-order chi connectivity index (χ1) is 14.1. The van der Waals surface area contributed by atoms with E-state index < -0.39 is 0 Å². The molecule has 7 rings (SSSR count). The number of benzene rings is 1. The third-order valence-corrected chi connectivity index (χ3v) is 8.00. The largest absolute Gasteiger partial charge is 0.464 e. The quantitative estimate of drug-likeness (QED) is 0.569. The molecule has 5 aliphatic rings. The van der Waals surface area contributed by atoms with Gasteiger partial charge in [0.05, 0.1) is 11.7 Å². The summed E-state index contributed by atoms with van der Waals surface area (Å²) >= 11 is 0. The van der Waals surface area contributed by atoms with Crippen LogP contribution in [0.25, 0.3) is 10.9 Å². The van der Waals surface area contributed by atoms with Gasteiger partial charge < -0.3 is 4.74 Å². The van der Waals surface area contributed by atoms with Gasteiger partial charge in [0, 0.05) is 23.5 Å². The number of nitrogens with zero attached hydrogens (tertiary/aromatic N) is 3. The summed E-state index contributed by atoms with van der Waals surface area (Å²) < 4.78 is 6.99. The molecule has 4 heterocycles. The van der Waals surface area contributed by atoms with Crippen LogP contribution in [0.5, 0.6) is 5.75 Å². The molecule has 4 bridgehead atoms. The molecule has 3 aliphatic heterocycles. The van der Waals surface area contributed by atoms with E-state index in [4.69, 9.17) is 9.73 Å². The SMILES string of the molecule is CC.Cc1c2c(c3ncccc3c1C)N=CC1(O2)C2CC3CC(CC(C3)N1C)C2. The third-order valence-electron chi connectivity index (χ3n) is 8.00. The van der Waals surface area contributed by atoms with Crippen molar-refractivity contribution in [2.24, 2.45) is 22.7 Å². The van der Waals surface area contributed by atoms with E-state index in [2.05, 4.69) is 43.1 Å². The van der Waals surface area contributed by atoms with Gasteiger partial charge in [0.25, 0.3) is 0 Å². The molecule has 3 unspecified atom stereocenters. The molecule has 0 radical (unpaired) electrons. The van der Waals surface area contributed by atoms with Gasteiger partial charge >= 0.3 is 0 Å². The van der Waals surface area contributed by atoms with Crippen molar-refractivity contribution in [2.75, 3.05) is 7.05 Å². The molecule has 2 aliphatic carbocycles. The van der Waals surface area contributed by atoms with Crippen molar-refractivity contribution in [1.29, 1.82) is 0 Å². The maximum atomic E-state index is 6.99. The van der Waals surface area contributed by atoms with Crippen LogP contribution in [0.1, 0.15) is 57.1 Å². The zero-order valence-electron chi connectivity index (χ0n) is 18.4. The number of hydrogen-bond acceptors (Lipinski definition) is 4. The lowest BCUT2D eigenvalue weighted by Crippen LogP contribution is -2.59.